The summed E-state index contributed by atoms with van der Waals surface area (Å²) in [5.74, 6) is 0.0393. The summed E-state index contributed by atoms with van der Waals surface area (Å²) >= 11 is 4.31. The predicted octanol–water partition coefficient (Wildman–Crippen LogP) is -0.472. The molecule has 0 aliphatic heterocycles. The van der Waals surface area contributed by atoms with Crippen LogP contribution in [0.5, 0.6) is 0 Å². The first-order chi connectivity index (χ1) is 5.82. The van der Waals surface area contributed by atoms with Gasteiger partial charge in [0.15, 0.2) is 13.7 Å². The number of nitrogens with zero attached hydrogens (tertiary/aromatic N) is 2. The van der Waals surface area contributed by atoms with Crippen LogP contribution in [0.2, 0.25) is 0 Å². The smallest absolute Gasteiger partial charge is 0.178 e. The van der Waals surface area contributed by atoms with E-state index >= 15 is 0 Å². The Morgan fingerprint density at radius 1 is 1.38 bits per heavy atom. The largest absolute Gasteiger partial charge is 0.382 e. The summed E-state index contributed by atoms with van der Waals surface area (Å²) in [5.41, 5.74) is 10.7. The van der Waals surface area contributed by atoms with Gasteiger partial charge in [0.1, 0.15) is 17.5 Å². The van der Waals surface area contributed by atoms with Crippen LogP contribution in [0.4, 0.5) is 11.6 Å². The molecule has 1 heterocycles. The lowest BCUT2D eigenvalue weighted by molar-refractivity contribution is 0.562. The van der Waals surface area contributed by atoms with Gasteiger partial charge in [0.25, 0.3) is 0 Å². The van der Waals surface area contributed by atoms with Crippen molar-refractivity contribution in [1.29, 1.82) is 0 Å². The zero-order valence-electron chi connectivity index (χ0n) is 6.72. The fourth-order valence-electron chi connectivity index (χ4n) is 0.871. The van der Waals surface area contributed by atoms with E-state index in [2.05, 4.69) is 21.2 Å². The van der Waals surface area contributed by atoms with E-state index in [9.17, 15) is 4.21 Å². The minimum Gasteiger partial charge on any atom is -0.382 e. The highest BCUT2D eigenvalue weighted by Crippen LogP contribution is 2.21. The highest BCUT2D eigenvalue weighted by atomic mass is 32.8. The molecule has 0 fully saturated rings. The Bertz CT molecular complexity index is 419. The van der Waals surface area contributed by atoms with E-state index in [1.165, 1.54) is 0 Å². The summed E-state index contributed by atoms with van der Waals surface area (Å²) in [7, 11) is -3.62. The molecule has 1 aromatic rings. The zero-order valence-corrected chi connectivity index (χ0v) is 8.35. The maximum atomic E-state index is 11.1. The Kier molecular flexibility index (Phi) is 2.37. The first-order valence-corrected chi connectivity index (χ1v) is 5.63. The summed E-state index contributed by atoms with van der Waals surface area (Å²) in [6, 6.07) is 0. The molecule has 0 spiro atoms. The molecule has 1 atom stereocenters. The Hall–Kier alpha value is -0.990. The predicted molar refractivity (Wildman–Crippen MR) is 52.0 cm³/mol. The van der Waals surface area contributed by atoms with Crippen LogP contribution in [0.1, 0.15) is 5.82 Å². The number of nitrogen functional groups attached to an aromatic ring is 2. The van der Waals surface area contributed by atoms with Gasteiger partial charge < -0.3 is 16.0 Å². The number of hydrogen-bond acceptors (Lipinski definition) is 6. The van der Waals surface area contributed by atoms with Crippen molar-refractivity contribution < 1.29 is 8.76 Å². The van der Waals surface area contributed by atoms with Crippen LogP contribution in [-0.4, -0.2) is 18.7 Å². The van der Waals surface area contributed by atoms with Crippen molar-refractivity contribution in [3.05, 3.63) is 5.82 Å². The molecule has 5 N–H and O–H groups in total. The quantitative estimate of drug-likeness (QED) is 0.585. The number of anilines is 2. The molecular weight excluding hydrogens is 212 g/mol. The first-order valence-electron chi connectivity index (χ1n) is 3.19. The number of rotatable bonds is 1. The number of aryl methyl sites for hydroxylation is 1. The van der Waals surface area contributed by atoms with Crippen molar-refractivity contribution in [1.82, 2.24) is 9.97 Å². The molecule has 72 valence electrons. The molecule has 0 bridgehead atoms. The van der Waals surface area contributed by atoms with Crippen molar-refractivity contribution in [2.75, 3.05) is 11.5 Å². The lowest BCUT2D eigenvalue weighted by Gasteiger charge is -2.06. The van der Waals surface area contributed by atoms with E-state index < -0.39 is 8.77 Å². The van der Waals surface area contributed by atoms with E-state index in [1.807, 2.05) is 0 Å². The van der Waals surface area contributed by atoms with E-state index in [0.29, 0.717) is 5.82 Å². The van der Waals surface area contributed by atoms with Gasteiger partial charge in [-0.05, 0) is 6.92 Å². The topological polar surface area (TPSA) is 115 Å². The SMILES string of the molecule is Cc1nc(N)c(S(=O)(O)=S)c(N)n1. The molecule has 1 rings (SSSR count). The van der Waals surface area contributed by atoms with Gasteiger partial charge in [0.05, 0.1) is 0 Å². The van der Waals surface area contributed by atoms with Crippen molar-refractivity contribution in [3.8, 4) is 0 Å². The maximum absolute atomic E-state index is 11.1. The second-order valence-electron chi connectivity index (χ2n) is 2.35. The second kappa shape index (κ2) is 3.05. The molecule has 1 unspecified atom stereocenters. The van der Waals surface area contributed by atoms with Gasteiger partial charge in [0, 0.05) is 11.2 Å². The van der Waals surface area contributed by atoms with Crippen LogP contribution in [0.3, 0.4) is 0 Å². The van der Waals surface area contributed by atoms with Crippen LogP contribution in [-0.2, 0) is 20.0 Å². The van der Waals surface area contributed by atoms with Crippen LogP contribution >= 0.6 is 0 Å². The molecule has 8 heteroatoms. The third kappa shape index (κ3) is 2.02. The highest BCUT2D eigenvalue weighted by Gasteiger charge is 2.17. The van der Waals surface area contributed by atoms with Crippen molar-refractivity contribution in [3.63, 3.8) is 0 Å². The lowest BCUT2D eigenvalue weighted by Crippen LogP contribution is -2.11. The highest BCUT2D eigenvalue weighted by molar-refractivity contribution is 8.29. The first kappa shape index (κ1) is 10.1. The van der Waals surface area contributed by atoms with Gasteiger partial charge in [-0.25, -0.2) is 14.2 Å². The minimum absolute atomic E-state index is 0.146. The van der Waals surface area contributed by atoms with Crippen LogP contribution in [0, 0.1) is 6.92 Å². The standard InChI is InChI=1S/C5H8N4O2S2/c1-2-8-4(6)3(5(7)9-2)13(10,11)12/h1H3,(H,10,11,12)(H4,6,7,8,9). The molecule has 13 heavy (non-hydrogen) atoms. The number of nitrogens with two attached hydrogens (primary N) is 2. The molecular formula is C5H8N4O2S2. The molecule has 0 aliphatic rings. The van der Waals surface area contributed by atoms with E-state index in [-0.39, 0.29) is 16.5 Å². The fourth-order valence-corrected chi connectivity index (χ4v) is 2.00. The van der Waals surface area contributed by atoms with Crippen molar-refractivity contribution in [2.45, 2.75) is 11.8 Å². The molecule has 0 saturated heterocycles. The average molecular weight is 220 g/mol. The summed E-state index contributed by atoms with van der Waals surface area (Å²) < 4.78 is 20.1. The van der Waals surface area contributed by atoms with Crippen LogP contribution < -0.4 is 11.5 Å². The van der Waals surface area contributed by atoms with Crippen molar-refractivity contribution in [2.24, 2.45) is 0 Å². The molecule has 0 amide bonds. The normalized spacial score (nSPS) is 15.2. The van der Waals surface area contributed by atoms with Crippen LogP contribution in [0.15, 0.2) is 4.90 Å². The van der Waals surface area contributed by atoms with Gasteiger partial charge in [0.2, 0.25) is 0 Å². The average Bonchev–Trinajstić information content (AvgIpc) is 1.78. The van der Waals surface area contributed by atoms with Gasteiger partial charge in [-0.3, -0.25) is 0 Å². The Labute approximate surface area is 79.9 Å². The summed E-state index contributed by atoms with van der Waals surface area (Å²) in [5, 5.41) is 0. The Morgan fingerprint density at radius 3 is 2.08 bits per heavy atom. The van der Waals surface area contributed by atoms with Crippen molar-refractivity contribution >= 4 is 31.6 Å². The molecule has 1 aromatic heterocycles. The zero-order chi connectivity index (χ0) is 10.2. The third-order valence-electron chi connectivity index (χ3n) is 1.29. The Morgan fingerprint density at radius 2 is 1.77 bits per heavy atom. The summed E-state index contributed by atoms with van der Waals surface area (Å²) in [6.45, 7) is 1.57. The van der Waals surface area contributed by atoms with Gasteiger partial charge in [-0.1, -0.05) is 0 Å². The Balaban J connectivity index is 3.57. The summed E-state index contributed by atoms with van der Waals surface area (Å²) in [4.78, 5) is 7.09. The van der Waals surface area contributed by atoms with E-state index in [4.69, 9.17) is 16.0 Å². The van der Waals surface area contributed by atoms with Gasteiger partial charge >= 0.3 is 0 Å². The fraction of sp³-hybridized carbons (Fsp3) is 0.200. The molecule has 0 aromatic carbocycles. The molecule has 6 nitrogen and oxygen atoms in total. The molecule has 0 aliphatic carbocycles. The molecule has 0 radical (unpaired) electrons. The van der Waals surface area contributed by atoms with Gasteiger partial charge in [-0.15, -0.1) is 0 Å². The van der Waals surface area contributed by atoms with E-state index in [0.717, 1.165) is 0 Å². The maximum Gasteiger partial charge on any atom is 0.178 e. The monoisotopic (exact) mass is 220 g/mol. The number of aromatic nitrogens is 2. The number of hydrogen-bond donors (Lipinski definition) is 3. The second-order valence-corrected chi connectivity index (χ2v) is 5.06. The van der Waals surface area contributed by atoms with Gasteiger partial charge in [-0.2, -0.15) is 0 Å². The lowest BCUT2D eigenvalue weighted by atomic mass is 10.5. The molecule has 0 saturated carbocycles. The minimum atomic E-state index is -3.62. The van der Waals surface area contributed by atoms with E-state index in [1.54, 1.807) is 6.92 Å². The summed E-state index contributed by atoms with van der Waals surface area (Å²) in [6.07, 6.45) is 0. The third-order valence-corrected chi connectivity index (χ3v) is 2.72. The van der Waals surface area contributed by atoms with Crippen LogP contribution in [0.25, 0.3) is 0 Å².